The van der Waals surface area contributed by atoms with Gasteiger partial charge in [0.2, 0.25) is 15.9 Å². The summed E-state index contributed by atoms with van der Waals surface area (Å²) in [5.74, 6) is -0.454. The molecule has 1 atom stereocenters. The van der Waals surface area contributed by atoms with E-state index in [4.69, 9.17) is 0 Å². The van der Waals surface area contributed by atoms with Crippen LogP contribution < -0.4 is 9.62 Å². The van der Waals surface area contributed by atoms with Crippen LogP contribution in [0.15, 0.2) is 73.1 Å². The minimum atomic E-state index is -3.52. The number of hydrogen-bond acceptors (Lipinski definition) is 4. The van der Waals surface area contributed by atoms with Crippen molar-refractivity contribution < 1.29 is 13.2 Å². The van der Waals surface area contributed by atoms with Crippen LogP contribution in [0.4, 0.5) is 5.69 Å². The normalized spacial score (nSPS) is 14.4. The molecule has 0 saturated heterocycles. The predicted molar refractivity (Wildman–Crippen MR) is 111 cm³/mol. The predicted octanol–water partition coefficient (Wildman–Crippen LogP) is 1.98. The quantitative estimate of drug-likeness (QED) is 0.646. The summed E-state index contributed by atoms with van der Waals surface area (Å²) in [5, 5.41) is 6.96. The van der Waals surface area contributed by atoms with Gasteiger partial charge in [0, 0.05) is 25.5 Å². The number of carbonyl (C=O) groups excluding carboxylic acids is 1. The van der Waals surface area contributed by atoms with E-state index in [1.165, 1.54) is 4.31 Å². The Morgan fingerprint density at radius 3 is 2.59 bits per heavy atom. The number of nitrogens with one attached hydrogen (secondary N) is 1. The Bertz CT molecular complexity index is 1080. The molecule has 0 bridgehead atoms. The lowest BCUT2D eigenvalue weighted by molar-refractivity contribution is -0.123. The van der Waals surface area contributed by atoms with Crippen LogP contribution in [-0.2, 0) is 21.2 Å². The van der Waals surface area contributed by atoms with Crippen molar-refractivity contribution in [2.45, 2.75) is 12.5 Å². The summed E-state index contributed by atoms with van der Waals surface area (Å²) < 4.78 is 28.6. The highest BCUT2D eigenvalue weighted by Gasteiger charge is 2.29. The third-order valence-electron chi connectivity index (χ3n) is 4.99. The molecule has 2 aromatic carbocycles. The van der Waals surface area contributed by atoms with E-state index >= 15 is 0 Å². The van der Waals surface area contributed by atoms with Gasteiger partial charge in [-0.3, -0.25) is 13.8 Å². The molecule has 0 saturated carbocycles. The molecular formula is C21H22N4O3S. The zero-order valence-corrected chi connectivity index (χ0v) is 16.6. The second-order valence-corrected chi connectivity index (χ2v) is 8.87. The Labute approximate surface area is 170 Å². The molecule has 150 valence electrons. The minimum Gasteiger partial charge on any atom is -0.353 e. The molecule has 8 heteroatoms. The molecule has 1 amide bonds. The average molecular weight is 410 g/mol. The maximum absolute atomic E-state index is 12.9. The second-order valence-electron chi connectivity index (χ2n) is 6.86. The molecule has 1 unspecified atom stereocenters. The van der Waals surface area contributed by atoms with E-state index in [9.17, 15) is 13.2 Å². The van der Waals surface area contributed by atoms with Crippen molar-refractivity contribution in [3.63, 3.8) is 0 Å². The number of benzene rings is 2. The Balaban J connectivity index is 1.44. The van der Waals surface area contributed by atoms with Gasteiger partial charge in [-0.1, -0.05) is 48.5 Å². The Hall–Kier alpha value is -3.13. The summed E-state index contributed by atoms with van der Waals surface area (Å²) in [4.78, 5) is 12.9. The topological polar surface area (TPSA) is 84.3 Å². The van der Waals surface area contributed by atoms with Crippen molar-refractivity contribution in [3.8, 4) is 0 Å². The second kappa shape index (κ2) is 8.08. The van der Waals surface area contributed by atoms with E-state index in [1.54, 1.807) is 23.1 Å². The number of para-hydroxylation sites is 1. The van der Waals surface area contributed by atoms with Crippen molar-refractivity contribution in [3.05, 3.63) is 84.2 Å². The molecule has 0 spiro atoms. The van der Waals surface area contributed by atoms with E-state index in [0.29, 0.717) is 13.0 Å². The molecule has 29 heavy (non-hydrogen) atoms. The largest absolute Gasteiger partial charge is 0.353 e. The van der Waals surface area contributed by atoms with Crippen molar-refractivity contribution >= 4 is 21.6 Å². The van der Waals surface area contributed by atoms with Gasteiger partial charge >= 0.3 is 0 Å². The molecule has 1 aliphatic heterocycles. The van der Waals surface area contributed by atoms with Crippen LogP contribution in [0, 0.1) is 0 Å². The molecule has 1 aliphatic rings. The Kier molecular flexibility index (Phi) is 5.35. The number of nitrogens with zero attached hydrogens (tertiary/aromatic N) is 3. The van der Waals surface area contributed by atoms with Crippen LogP contribution in [-0.4, -0.2) is 42.9 Å². The van der Waals surface area contributed by atoms with Crippen molar-refractivity contribution in [2.75, 3.05) is 23.1 Å². The monoisotopic (exact) mass is 410 g/mol. The SMILES string of the molecule is O=C(NCCS(=O)(=O)N1CCc2ccccc21)C(c1ccccc1)n1cccn1. The fraction of sp³-hybridized carbons (Fsp3) is 0.238. The van der Waals surface area contributed by atoms with Gasteiger partial charge in [0.25, 0.3) is 0 Å². The molecule has 7 nitrogen and oxygen atoms in total. The lowest BCUT2D eigenvalue weighted by Crippen LogP contribution is -2.39. The van der Waals surface area contributed by atoms with Crippen molar-refractivity contribution in [2.24, 2.45) is 0 Å². The first-order valence-corrected chi connectivity index (χ1v) is 11.1. The van der Waals surface area contributed by atoms with Crippen molar-refractivity contribution in [1.82, 2.24) is 15.1 Å². The van der Waals surface area contributed by atoms with Gasteiger partial charge in [-0.25, -0.2) is 8.42 Å². The lowest BCUT2D eigenvalue weighted by Gasteiger charge is -2.21. The highest BCUT2D eigenvalue weighted by molar-refractivity contribution is 7.92. The average Bonchev–Trinajstić information content (AvgIpc) is 3.39. The smallest absolute Gasteiger partial charge is 0.249 e. The summed E-state index contributed by atoms with van der Waals surface area (Å²) >= 11 is 0. The number of anilines is 1. The Morgan fingerprint density at radius 2 is 1.83 bits per heavy atom. The fourth-order valence-corrected chi connectivity index (χ4v) is 5.03. The van der Waals surface area contributed by atoms with Gasteiger partial charge in [0.15, 0.2) is 6.04 Å². The maximum Gasteiger partial charge on any atom is 0.249 e. The van der Waals surface area contributed by atoms with E-state index in [1.807, 2.05) is 54.6 Å². The summed E-state index contributed by atoms with van der Waals surface area (Å²) in [6, 6.07) is 17.9. The van der Waals surface area contributed by atoms with Crippen LogP contribution in [0.2, 0.25) is 0 Å². The number of amides is 1. The van der Waals surface area contributed by atoms with Gasteiger partial charge in [0.05, 0.1) is 11.4 Å². The zero-order chi connectivity index (χ0) is 20.3. The van der Waals surface area contributed by atoms with Gasteiger partial charge in [-0.05, 0) is 29.7 Å². The molecule has 1 aromatic heterocycles. The third-order valence-corrected chi connectivity index (χ3v) is 6.76. The number of aromatic nitrogens is 2. The first-order chi connectivity index (χ1) is 14.1. The zero-order valence-electron chi connectivity index (χ0n) is 15.8. The first-order valence-electron chi connectivity index (χ1n) is 9.46. The maximum atomic E-state index is 12.9. The van der Waals surface area contributed by atoms with Crippen LogP contribution in [0.3, 0.4) is 0 Å². The van der Waals surface area contributed by atoms with Gasteiger partial charge in [-0.2, -0.15) is 5.10 Å². The van der Waals surface area contributed by atoms with E-state index < -0.39 is 16.1 Å². The number of fused-ring (bicyclic) bond motifs is 1. The molecule has 2 heterocycles. The van der Waals surface area contributed by atoms with Crippen LogP contribution in [0.25, 0.3) is 0 Å². The van der Waals surface area contributed by atoms with Gasteiger partial charge in [-0.15, -0.1) is 0 Å². The summed E-state index contributed by atoms with van der Waals surface area (Å²) in [6.07, 6.45) is 4.03. The summed E-state index contributed by atoms with van der Waals surface area (Å²) in [5.41, 5.74) is 2.55. The van der Waals surface area contributed by atoms with E-state index in [-0.39, 0.29) is 18.2 Å². The molecule has 0 fully saturated rings. The fourth-order valence-electron chi connectivity index (χ4n) is 3.60. The molecule has 1 N–H and O–H groups in total. The highest BCUT2D eigenvalue weighted by Crippen LogP contribution is 2.29. The van der Waals surface area contributed by atoms with Gasteiger partial charge < -0.3 is 5.32 Å². The number of carbonyl (C=O) groups is 1. The number of rotatable bonds is 7. The molecule has 4 rings (SSSR count). The number of sulfonamides is 1. The lowest BCUT2D eigenvalue weighted by atomic mass is 10.1. The van der Waals surface area contributed by atoms with Gasteiger partial charge in [0.1, 0.15) is 0 Å². The molecule has 0 aliphatic carbocycles. The molecule has 0 radical (unpaired) electrons. The van der Waals surface area contributed by atoms with E-state index in [0.717, 1.165) is 16.8 Å². The van der Waals surface area contributed by atoms with Crippen LogP contribution in [0.1, 0.15) is 17.2 Å². The van der Waals surface area contributed by atoms with E-state index in [2.05, 4.69) is 10.4 Å². The standard InChI is InChI=1S/C21H22N4O3S/c26-21(20(24-14-6-12-23-24)18-8-2-1-3-9-18)22-13-16-29(27,28)25-15-11-17-7-4-5-10-19(17)25/h1-10,12,14,20H,11,13,15-16H2,(H,22,26). The summed E-state index contributed by atoms with van der Waals surface area (Å²) in [7, 11) is -3.52. The molecule has 3 aromatic rings. The molecular weight excluding hydrogens is 388 g/mol. The first kappa shape index (κ1) is 19.2. The summed E-state index contributed by atoms with van der Waals surface area (Å²) in [6.45, 7) is 0.472. The highest BCUT2D eigenvalue weighted by atomic mass is 32.2. The Morgan fingerprint density at radius 1 is 1.07 bits per heavy atom. The van der Waals surface area contributed by atoms with Crippen molar-refractivity contribution in [1.29, 1.82) is 0 Å². The number of hydrogen-bond donors (Lipinski definition) is 1. The van der Waals surface area contributed by atoms with Crippen LogP contribution in [0.5, 0.6) is 0 Å². The minimum absolute atomic E-state index is 0.0322. The van der Waals surface area contributed by atoms with Crippen LogP contribution >= 0.6 is 0 Å². The third kappa shape index (κ3) is 4.02.